The minimum atomic E-state index is -4.65. The maximum absolute atomic E-state index is 15.7. The highest BCUT2D eigenvalue weighted by molar-refractivity contribution is 6.30. The maximum Gasteiger partial charge on any atom is 0.422 e. The number of fused-ring (bicyclic) bond motifs is 1. The average molecular weight is 378 g/mol. The molecule has 3 rings (SSSR count). The van der Waals surface area contributed by atoms with Crippen LogP contribution in [-0.4, -0.2) is 18.7 Å². The largest absolute Gasteiger partial charge is 0.484 e. The SMILES string of the molecule is O=C1Nc2cc(F)ccc2C1(F)c1cc(Cl)ccc1OCC(F)(F)F. The van der Waals surface area contributed by atoms with E-state index < -0.39 is 41.5 Å². The highest BCUT2D eigenvalue weighted by atomic mass is 35.5. The van der Waals surface area contributed by atoms with Crippen molar-refractivity contribution in [1.29, 1.82) is 0 Å². The molecule has 1 amide bonds. The van der Waals surface area contributed by atoms with Gasteiger partial charge in [-0.1, -0.05) is 11.6 Å². The lowest BCUT2D eigenvalue weighted by molar-refractivity contribution is -0.153. The highest BCUT2D eigenvalue weighted by Gasteiger charge is 2.51. The number of benzene rings is 2. The monoisotopic (exact) mass is 377 g/mol. The van der Waals surface area contributed by atoms with E-state index in [1.165, 1.54) is 6.07 Å². The van der Waals surface area contributed by atoms with Crippen LogP contribution in [0, 0.1) is 5.82 Å². The Kier molecular flexibility index (Phi) is 4.10. The first-order valence-corrected chi connectivity index (χ1v) is 7.29. The van der Waals surface area contributed by atoms with Crippen molar-refractivity contribution in [2.24, 2.45) is 0 Å². The van der Waals surface area contributed by atoms with Crippen molar-refractivity contribution in [3.05, 3.63) is 58.4 Å². The minimum absolute atomic E-state index is 0.00487. The first kappa shape index (κ1) is 17.5. The van der Waals surface area contributed by atoms with Gasteiger partial charge >= 0.3 is 6.18 Å². The van der Waals surface area contributed by atoms with Crippen molar-refractivity contribution in [2.75, 3.05) is 11.9 Å². The summed E-state index contributed by atoms with van der Waals surface area (Å²) in [7, 11) is 0. The van der Waals surface area contributed by atoms with Crippen LogP contribution in [0.5, 0.6) is 5.75 Å². The van der Waals surface area contributed by atoms with Crippen molar-refractivity contribution in [1.82, 2.24) is 0 Å². The van der Waals surface area contributed by atoms with Gasteiger partial charge in [-0.05, 0) is 36.4 Å². The minimum Gasteiger partial charge on any atom is -0.484 e. The second-order valence-corrected chi connectivity index (χ2v) is 5.78. The van der Waals surface area contributed by atoms with Crippen LogP contribution in [0.3, 0.4) is 0 Å². The molecule has 0 aromatic heterocycles. The molecule has 1 N–H and O–H groups in total. The van der Waals surface area contributed by atoms with E-state index in [9.17, 15) is 22.4 Å². The number of hydrogen-bond donors (Lipinski definition) is 1. The van der Waals surface area contributed by atoms with Gasteiger partial charge in [0.15, 0.2) is 6.61 Å². The van der Waals surface area contributed by atoms with E-state index in [1.54, 1.807) is 0 Å². The van der Waals surface area contributed by atoms with E-state index in [-0.39, 0.29) is 16.3 Å². The molecule has 0 aliphatic carbocycles. The van der Waals surface area contributed by atoms with Crippen LogP contribution in [0.4, 0.5) is 27.6 Å². The summed E-state index contributed by atoms with van der Waals surface area (Å²) >= 11 is 5.81. The van der Waals surface area contributed by atoms with Crippen LogP contribution < -0.4 is 10.1 Å². The summed E-state index contributed by atoms with van der Waals surface area (Å²) in [5, 5.41) is 2.17. The van der Waals surface area contributed by atoms with Gasteiger partial charge in [0, 0.05) is 16.1 Å². The molecule has 0 radical (unpaired) electrons. The standard InChI is InChI=1S/C16H9ClF5NO2/c17-8-1-4-13(25-7-15(19,20)21)11(5-8)16(22)10-3-2-9(18)6-12(10)23-14(16)24/h1-6H,7H2,(H,23,24). The van der Waals surface area contributed by atoms with E-state index in [0.29, 0.717) is 0 Å². The van der Waals surface area contributed by atoms with E-state index in [1.807, 2.05) is 0 Å². The predicted molar refractivity (Wildman–Crippen MR) is 79.9 cm³/mol. The van der Waals surface area contributed by atoms with Crippen molar-refractivity contribution < 1.29 is 31.5 Å². The molecular formula is C16H9ClF5NO2. The highest BCUT2D eigenvalue weighted by Crippen LogP contribution is 2.48. The Balaban J connectivity index is 2.12. The van der Waals surface area contributed by atoms with E-state index in [0.717, 1.165) is 30.3 Å². The second kappa shape index (κ2) is 5.87. The number of amides is 1. The Morgan fingerprint density at radius 2 is 1.84 bits per heavy atom. The predicted octanol–water partition coefficient (Wildman–Crippen LogP) is 4.59. The van der Waals surface area contributed by atoms with E-state index in [2.05, 4.69) is 10.1 Å². The van der Waals surface area contributed by atoms with E-state index in [4.69, 9.17) is 11.6 Å². The van der Waals surface area contributed by atoms with E-state index >= 15 is 4.39 Å². The molecule has 2 aromatic carbocycles. The Labute approximate surface area is 143 Å². The molecule has 3 nitrogen and oxygen atoms in total. The van der Waals surface area contributed by atoms with Crippen LogP contribution in [-0.2, 0) is 10.5 Å². The first-order valence-electron chi connectivity index (χ1n) is 6.91. The topological polar surface area (TPSA) is 38.3 Å². The lowest BCUT2D eigenvalue weighted by Crippen LogP contribution is -2.32. The molecular weight excluding hydrogens is 369 g/mol. The average Bonchev–Trinajstić information content (AvgIpc) is 2.76. The smallest absolute Gasteiger partial charge is 0.422 e. The van der Waals surface area contributed by atoms with Crippen LogP contribution in [0.25, 0.3) is 0 Å². The number of rotatable bonds is 3. The quantitative estimate of drug-likeness (QED) is 0.795. The third kappa shape index (κ3) is 3.13. The summed E-state index contributed by atoms with van der Waals surface area (Å²) in [4.78, 5) is 12.2. The third-order valence-corrected chi connectivity index (χ3v) is 3.85. The molecule has 1 aliphatic rings. The number of carbonyl (C=O) groups excluding carboxylic acids is 1. The summed E-state index contributed by atoms with van der Waals surface area (Å²) < 4.78 is 70.9. The summed E-state index contributed by atoms with van der Waals surface area (Å²) in [5.74, 6) is -2.37. The van der Waals surface area contributed by atoms with Gasteiger partial charge in [0.05, 0.1) is 5.69 Å². The second-order valence-electron chi connectivity index (χ2n) is 5.35. The van der Waals surface area contributed by atoms with Crippen LogP contribution in [0.15, 0.2) is 36.4 Å². The molecule has 2 aromatic rings. The fourth-order valence-corrected chi connectivity index (χ4v) is 2.75. The third-order valence-electron chi connectivity index (χ3n) is 3.62. The Hall–Kier alpha value is -2.35. The van der Waals surface area contributed by atoms with Gasteiger partial charge in [-0.25, -0.2) is 8.78 Å². The number of anilines is 1. The molecule has 0 fully saturated rings. The zero-order chi connectivity index (χ0) is 18.4. The summed E-state index contributed by atoms with van der Waals surface area (Å²) in [6, 6.07) is 6.14. The van der Waals surface area contributed by atoms with Crippen molar-refractivity contribution in [2.45, 2.75) is 11.8 Å². The molecule has 132 valence electrons. The van der Waals surface area contributed by atoms with Gasteiger partial charge in [0.1, 0.15) is 11.6 Å². The van der Waals surface area contributed by atoms with Crippen molar-refractivity contribution >= 4 is 23.2 Å². The normalized spacial score (nSPS) is 19.5. The number of carbonyl (C=O) groups is 1. The molecule has 1 atom stereocenters. The molecule has 1 heterocycles. The number of halogens is 6. The summed E-state index contributed by atoms with van der Waals surface area (Å²) in [6.07, 6.45) is -4.65. The molecule has 0 bridgehead atoms. The Morgan fingerprint density at radius 3 is 2.52 bits per heavy atom. The first-order chi connectivity index (χ1) is 11.6. The summed E-state index contributed by atoms with van der Waals surface area (Å²) in [6.45, 7) is -1.67. The Morgan fingerprint density at radius 1 is 1.12 bits per heavy atom. The zero-order valence-electron chi connectivity index (χ0n) is 12.3. The Bertz CT molecular complexity index is 855. The van der Waals surface area contributed by atoms with Gasteiger partial charge in [-0.3, -0.25) is 4.79 Å². The van der Waals surface area contributed by atoms with Gasteiger partial charge in [0.25, 0.3) is 5.91 Å². The van der Waals surface area contributed by atoms with Crippen LogP contribution in [0.2, 0.25) is 5.02 Å². The van der Waals surface area contributed by atoms with Gasteiger partial charge in [-0.15, -0.1) is 0 Å². The molecule has 0 saturated heterocycles. The van der Waals surface area contributed by atoms with Crippen molar-refractivity contribution in [3.8, 4) is 5.75 Å². The number of hydrogen-bond acceptors (Lipinski definition) is 2. The molecule has 25 heavy (non-hydrogen) atoms. The lowest BCUT2D eigenvalue weighted by Gasteiger charge is -2.22. The lowest BCUT2D eigenvalue weighted by atomic mass is 9.88. The number of nitrogens with one attached hydrogen (secondary N) is 1. The van der Waals surface area contributed by atoms with Crippen molar-refractivity contribution in [3.63, 3.8) is 0 Å². The number of alkyl halides is 4. The number of ether oxygens (including phenoxy) is 1. The fourth-order valence-electron chi connectivity index (χ4n) is 2.58. The van der Waals surface area contributed by atoms with Gasteiger partial charge in [0.2, 0.25) is 5.67 Å². The molecule has 1 aliphatic heterocycles. The molecule has 9 heteroatoms. The molecule has 0 spiro atoms. The molecule has 1 unspecified atom stereocenters. The van der Waals surface area contributed by atoms with Gasteiger partial charge < -0.3 is 10.1 Å². The fraction of sp³-hybridized carbons (Fsp3) is 0.188. The van der Waals surface area contributed by atoms with Crippen LogP contribution >= 0.6 is 11.6 Å². The summed E-state index contributed by atoms with van der Waals surface area (Å²) in [5.41, 5.74) is -3.71. The maximum atomic E-state index is 15.7. The zero-order valence-corrected chi connectivity index (χ0v) is 13.0. The molecule has 0 saturated carbocycles. The van der Waals surface area contributed by atoms with Gasteiger partial charge in [-0.2, -0.15) is 13.2 Å². The van der Waals surface area contributed by atoms with Crippen LogP contribution in [0.1, 0.15) is 11.1 Å².